The van der Waals surface area contributed by atoms with Crippen molar-refractivity contribution in [3.63, 3.8) is 0 Å². The number of carboxylic acids is 1. The minimum absolute atomic E-state index is 0.0475. The zero-order valence-corrected chi connectivity index (χ0v) is 21.3. The number of rotatable bonds is 8. The van der Waals surface area contributed by atoms with Crippen LogP contribution in [0.1, 0.15) is 18.1 Å². The summed E-state index contributed by atoms with van der Waals surface area (Å²) in [6, 6.07) is 13.9. The lowest BCUT2D eigenvalue weighted by atomic mass is 10.1. The van der Waals surface area contributed by atoms with Crippen LogP contribution in [0.15, 0.2) is 75.0 Å². The maximum absolute atomic E-state index is 13.4. The van der Waals surface area contributed by atoms with Gasteiger partial charge in [-0.05, 0) is 59.3 Å². The van der Waals surface area contributed by atoms with Gasteiger partial charge in [-0.2, -0.15) is 22.9 Å². The van der Waals surface area contributed by atoms with Gasteiger partial charge in [0, 0.05) is 15.6 Å². The van der Waals surface area contributed by atoms with Gasteiger partial charge in [-0.25, -0.2) is 9.78 Å². The van der Waals surface area contributed by atoms with Crippen molar-refractivity contribution < 1.29 is 32.5 Å². The molecule has 0 atom stereocenters. The first kappa shape index (κ1) is 26.9. The molecule has 0 aliphatic heterocycles. The summed E-state index contributed by atoms with van der Waals surface area (Å²) in [5.74, 6) is -0.842. The fourth-order valence-electron chi connectivity index (χ4n) is 3.54. The molecule has 8 nitrogen and oxygen atoms in total. The number of fused-ring (bicyclic) bond motifs is 1. The van der Waals surface area contributed by atoms with Crippen molar-refractivity contribution in [2.45, 2.75) is 13.1 Å². The van der Waals surface area contributed by atoms with E-state index in [-0.39, 0.29) is 34.9 Å². The van der Waals surface area contributed by atoms with Gasteiger partial charge in [0.05, 0.1) is 29.3 Å². The Morgan fingerprint density at radius 2 is 1.84 bits per heavy atom. The second-order valence-electron chi connectivity index (χ2n) is 7.83. The Morgan fingerprint density at radius 3 is 2.55 bits per heavy atom. The number of hydrogen-bond acceptors (Lipinski definition) is 6. The minimum Gasteiger partial charge on any atom is -0.490 e. The Bertz CT molecular complexity index is 1600. The topological polar surface area (TPSA) is 103 Å². The highest BCUT2D eigenvalue weighted by molar-refractivity contribution is 9.10. The molecule has 0 spiro atoms. The molecule has 4 aromatic rings. The van der Waals surface area contributed by atoms with Gasteiger partial charge in [0.15, 0.2) is 23.9 Å². The molecule has 0 aliphatic rings. The predicted molar refractivity (Wildman–Crippen MR) is 138 cm³/mol. The number of benzene rings is 3. The Morgan fingerprint density at radius 1 is 1.11 bits per heavy atom. The number of halogens is 4. The van der Waals surface area contributed by atoms with Gasteiger partial charge in [-0.3, -0.25) is 4.79 Å². The third kappa shape index (κ3) is 5.86. The van der Waals surface area contributed by atoms with Crippen molar-refractivity contribution in [3.8, 4) is 22.9 Å². The van der Waals surface area contributed by atoms with Crippen molar-refractivity contribution in [1.82, 2.24) is 9.66 Å². The van der Waals surface area contributed by atoms with Crippen LogP contribution in [0.3, 0.4) is 0 Å². The maximum atomic E-state index is 13.4. The second kappa shape index (κ2) is 11.1. The fraction of sp³-hybridized carbons (Fsp3) is 0.154. The molecule has 38 heavy (non-hydrogen) atoms. The number of aliphatic carboxylic acids is 1. The van der Waals surface area contributed by atoms with Crippen LogP contribution >= 0.6 is 15.9 Å². The highest BCUT2D eigenvalue weighted by Crippen LogP contribution is 2.34. The molecule has 0 aliphatic carbocycles. The molecule has 1 heterocycles. The molecule has 0 fully saturated rings. The lowest BCUT2D eigenvalue weighted by Crippen LogP contribution is -2.20. The summed E-state index contributed by atoms with van der Waals surface area (Å²) in [6.07, 6.45) is -3.28. The molecule has 3 aromatic carbocycles. The van der Waals surface area contributed by atoms with Crippen molar-refractivity contribution in [3.05, 3.63) is 86.6 Å². The van der Waals surface area contributed by atoms with Gasteiger partial charge in [0.1, 0.15) is 0 Å². The van der Waals surface area contributed by atoms with E-state index in [0.29, 0.717) is 15.6 Å². The number of ether oxygens (including phenoxy) is 2. The van der Waals surface area contributed by atoms with E-state index >= 15 is 0 Å². The Labute approximate surface area is 222 Å². The van der Waals surface area contributed by atoms with Gasteiger partial charge in [0.25, 0.3) is 5.56 Å². The molecular weight excluding hydrogens is 571 g/mol. The van der Waals surface area contributed by atoms with Crippen molar-refractivity contribution in [2.75, 3.05) is 13.2 Å². The first-order valence-corrected chi connectivity index (χ1v) is 11.9. The largest absolute Gasteiger partial charge is 0.490 e. The summed E-state index contributed by atoms with van der Waals surface area (Å²) in [5.41, 5.74) is -0.704. The molecule has 0 bridgehead atoms. The van der Waals surface area contributed by atoms with Gasteiger partial charge in [0.2, 0.25) is 0 Å². The van der Waals surface area contributed by atoms with Crippen LogP contribution in [0.5, 0.6) is 11.5 Å². The molecule has 4 rings (SSSR count). The molecule has 1 aromatic heterocycles. The summed E-state index contributed by atoms with van der Waals surface area (Å²) in [6.45, 7) is 1.41. The molecule has 0 unspecified atom stereocenters. The average molecular weight is 590 g/mol. The normalized spacial score (nSPS) is 11.7. The first-order chi connectivity index (χ1) is 18.1. The molecule has 0 amide bonds. The van der Waals surface area contributed by atoms with E-state index in [1.54, 1.807) is 31.2 Å². The predicted octanol–water partition coefficient (Wildman–Crippen LogP) is 5.59. The lowest BCUT2D eigenvalue weighted by Gasteiger charge is -2.13. The molecule has 1 N–H and O–H groups in total. The average Bonchev–Trinajstić information content (AvgIpc) is 2.88. The number of alkyl halides is 3. The van der Waals surface area contributed by atoms with Crippen molar-refractivity contribution in [2.24, 2.45) is 5.10 Å². The quantitative estimate of drug-likeness (QED) is 0.269. The summed E-state index contributed by atoms with van der Waals surface area (Å²) in [7, 11) is 0. The fourth-order valence-corrected chi connectivity index (χ4v) is 3.97. The smallest absolute Gasteiger partial charge is 0.416 e. The standard InChI is InChI=1S/C26H19BrF3N3O5/c1-2-37-21-11-16(19(27)12-22(21)38-14-23(34)35)13-31-33-24(15-6-5-7-17(10-15)26(28,29)30)32-20-9-4-3-8-18(20)25(33)36/h3-13H,2,14H2,1H3,(H,34,35). The van der Waals surface area contributed by atoms with Crippen LogP contribution in [-0.2, 0) is 11.0 Å². The summed E-state index contributed by atoms with van der Waals surface area (Å²) in [4.78, 5) is 28.7. The molecule has 196 valence electrons. The highest BCUT2D eigenvalue weighted by atomic mass is 79.9. The van der Waals surface area contributed by atoms with Crippen LogP contribution in [0.4, 0.5) is 13.2 Å². The van der Waals surface area contributed by atoms with Crippen LogP contribution in [0.2, 0.25) is 0 Å². The summed E-state index contributed by atoms with van der Waals surface area (Å²) < 4.78 is 52.3. The van der Waals surface area contributed by atoms with Crippen LogP contribution < -0.4 is 15.0 Å². The van der Waals surface area contributed by atoms with E-state index in [0.717, 1.165) is 16.8 Å². The Hall–Kier alpha value is -4.19. The molecule has 0 saturated heterocycles. The molecule has 0 radical (unpaired) electrons. The molecular formula is C26H19BrF3N3O5. The van der Waals surface area contributed by atoms with E-state index < -0.39 is 29.9 Å². The Balaban J connectivity index is 1.86. The van der Waals surface area contributed by atoms with E-state index in [1.165, 1.54) is 30.5 Å². The molecule has 0 saturated carbocycles. The van der Waals surface area contributed by atoms with Crippen molar-refractivity contribution in [1.29, 1.82) is 0 Å². The van der Waals surface area contributed by atoms with E-state index in [1.807, 2.05) is 0 Å². The SMILES string of the molecule is CCOc1cc(C=Nn2c(-c3cccc(C(F)(F)F)c3)nc3ccccc3c2=O)c(Br)cc1OCC(=O)O. The van der Waals surface area contributed by atoms with Gasteiger partial charge in [-0.1, -0.05) is 24.3 Å². The molecule has 12 heteroatoms. The van der Waals surface area contributed by atoms with Gasteiger partial charge in [-0.15, -0.1) is 0 Å². The second-order valence-corrected chi connectivity index (χ2v) is 8.68. The first-order valence-electron chi connectivity index (χ1n) is 11.1. The lowest BCUT2D eigenvalue weighted by molar-refractivity contribution is -0.139. The van der Waals surface area contributed by atoms with E-state index in [2.05, 4.69) is 26.0 Å². The van der Waals surface area contributed by atoms with E-state index in [4.69, 9.17) is 14.6 Å². The third-order valence-corrected chi connectivity index (χ3v) is 5.91. The van der Waals surface area contributed by atoms with Crippen LogP contribution in [0, 0.1) is 0 Å². The van der Waals surface area contributed by atoms with Crippen LogP contribution in [0.25, 0.3) is 22.3 Å². The Kier molecular flexibility index (Phi) is 7.81. The van der Waals surface area contributed by atoms with E-state index in [9.17, 15) is 22.8 Å². The summed E-state index contributed by atoms with van der Waals surface area (Å²) >= 11 is 3.36. The minimum atomic E-state index is -4.59. The zero-order chi connectivity index (χ0) is 27.4. The van der Waals surface area contributed by atoms with Gasteiger partial charge >= 0.3 is 12.1 Å². The van der Waals surface area contributed by atoms with Crippen molar-refractivity contribution >= 4 is 39.0 Å². The number of hydrogen-bond donors (Lipinski definition) is 1. The number of carbonyl (C=O) groups is 1. The summed E-state index contributed by atoms with van der Waals surface area (Å²) in [5, 5.41) is 13.4. The third-order valence-electron chi connectivity index (χ3n) is 5.23. The monoisotopic (exact) mass is 589 g/mol. The number of nitrogens with zero attached hydrogens (tertiary/aromatic N) is 3. The maximum Gasteiger partial charge on any atom is 0.416 e. The number of para-hydroxylation sites is 1. The number of aromatic nitrogens is 2. The van der Waals surface area contributed by atoms with Gasteiger partial charge < -0.3 is 14.6 Å². The zero-order valence-electron chi connectivity index (χ0n) is 19.7. The number of carboxylic acid groups (broad SMARTS) is 1. The highest BCUT2D eigenvalue weighted by Gasteiger charge is 2.31. The van der Waals surface area contributed by atoms with Crippen LogP contribution in [-0.4, -0.2) is 40.2 Å².